The summed E-state index contributed by atoms with van der Waals surface area (Å²) < 4.78 is 0. The van der Waals surface area contributed by atoms with Crippen LogP contribution in [0.5, 0.6) is 0 Å². The summed E-state index contributed by atoms with van der Waals surface area (Å²) in [5.41, 5.74) is 8.49. The number of hydrogen-bond donors (Lipinski definition) is 1. The van der Waals surface area contributed by atoms with Crippen LogP contribution in [0.4, 0.5) is 0 Å². The van der Waals surface area contributed by atoms with Gasteiger partial charge in [0.15, 0.2) is 0 Å². The minimum Gasteiger partial charge on any atom is -0.330 e. The lowest BCUT2D eigenvalue weighted by Crippen LogP contribution is -2.07. The van der Waals surface area contributed by atoms with Gasteiger partial charge in [0.1, 0.15) is 0 Å². The van der Waals surface area contributed by atoms with E-state index in [1.165, 1.54) is 35.5 Å². The van der Waals surface area contributed by atoms with Crippen LogP contribution in [-0.4, -0.2) is 18.1 Å². The Bertz CT molecular complexity index is 301. The molecule has 88 valence electrons. The quantitative estimate of drug-likeness (QED) is 0.867. The standard InChI is InChI=1S/C14H21NS/c15-9-1-2-12-3-5-13(6-4-12)14-7-10-16-11-8-14/h3-6,14H,1-2,7-11,15H2. The molecule has 2 rings (SSSR count). The lowest BCUT2D eigenvalue weighted by molar-refractivity contribution is 0.637. The molecule has 1 aliphatic rings. The van der Waals surface area contributed by atoms with Crippen molar-refractivity contribution in [2.45, 2.75) is 31.6 Å². The first-order valence-corrected chi connectivity index (χ1v) is 7.42. The monoisotopic (exact) mass is 235 g/mol. The molecule has 1 fully saturated rings. The topological polar surface area (TPSA) is 26.0 Å². The van der Waals surface area contributed by atoms with Gasteiger partial charge in [-0.3, -0.25) is 0 Å². The highest BCUT2D eigenvalue weighted by molar-refractivity contribution is 7.99. The molecule has 1 nitrogen and oxygen atoms in total. The predicted molar refractivity (Wildman–Crippen MR) is 73.1 cm³/mol. The summed E-state index contributed by atoms with van der Waals surface area (Å²) in [7, 11) is 0. The molecule has 0 bridgehead atoms. The fraction of sp³-hybridized carbons (Fsp3) is 0.571. The number of rotatable bonds is 4. The first-order valence-electron chi connectivity index (χ1n) is 6.27. The van der Waals surface area contributed by atoms with E-state index in [9.17, 15) is 0 Å². The van der Waals surface area contributed by atoms with E-state index in [1.807, 2.05) is 0 Å². The molecule has 16 heavy (non-hydrogen) atoms. The van der Waals surface area contributed by atoms with Gasteiger partial charge >= 0.3 is 0 Å². The molecule has 2 N–H and O–H groups in total. The first kappa shape index (κ1) is 12.0. The highest BCUT2D eigenvalue weighted by Crippen LogP contribution is 2.31. The second kappa shape index (κ2) is 6.31. The van der Waals surface area contributed by atoms with E-state index in [2.05, 4.69) is 36.0 Å². The van der Waals surface area contributed by atoms with Gasteiger partial charge in [0.2, 0.25) is 0 Å². The third-order valence-electron chi connectivity index (χ3n) is 3.34. The van der Waals surface area contributed by atoms with E-state index in [-0.39, 0.29) is 0 Å². The van der Waals surface area contributed by atoms with Gasteiger partial charge < -0.3 is 5.73 Å². The lowest BCUT2D eigenvalue weighted by Gasteiger charge is -2.21. The summed E-state index contributed by atoms with van der Waals surface area (Å²) in [6.07, 6.45) is 4.93. The zero-order valence-electron chi connectivity index (χ0n) is 9.82. The molecule has 0 radical (unpaired) electrons. The van der Waals surface area contributed by atoms with E-state index in [0.717, 1.165) is 25.3 Å². The molecule has 1 heterocycles. The van der Waals surface area contributed by atoms with Crippen LogP contribution in [0.2, 0.25) is 0 Å². The van der Waals surface area contributed by atoms with Crippen LogP contribution in [0, 0.1) is 0 Å². The molecule has 0 saturated carbocycles. The van der Waals surface area contributed by atoms with Crippen molar-refractivity contribution >= 4 is 11.8 Å². The number of nitrogens with two attached hydrogens (primary N) is 1. The van der Waals surface area contributed by atoms with Crippen molar-refractivity contribution in [1.29, 1.82) is 0 Å². The van der Waals surface area contributed by atoms with Crippen molar-refractivity contribution < 1.29 is 0 Å². The number of thioether (sulfide) groups is 1. The van der Waals surface area contributed by atoms with Crippen molar-refractivity contribution in [3.63, 3.8) is 0 Å². The number of aryl methyl sites for hydroxylation is 1. The molecule has 0 atom stereocenters. The maximum atomic E-state index is 5.52. The minimum atomic E-state index is 0.793. The molecule has 0 amide bonds. The Balaban J connectivity index is 1.95. The van der Waals surface area contributed by atoms with Crippen LogP contribution in [0.15, 0.2) is 24.3 Å². The Kier molecular flexibility index (Phi) is 4.73. The predicted octanol–water partition coefficient (Wildman–Crippen LogP) is 3.19. The summed E-state index contributed by atoms with van der Waals surface area (Å²) >= 11 is 2.09. The van der Waals surface area contributed by atoms with Gasteiger partial charge in [0, 0.05) is 0 Å². The van der Waals surface area contributed by atoms with Crippen LogP contribution in [0.1, 0.15) is 36.3 Å². The van der Waals surface area contributed by atoms with Crippen LogP contribution in [0.3, 0.4) is 0 Å². The first-order chi connectivity index (χ1) is 7.90. The molecule has 1 saturated heterocycles. The Morgan fingerprint density at radius 1 is 1.12 bits per heavy atom. The van der Waals surface area contributed by atoms with Gasteiger partial charge in [-0.25, -0.2) is 0 Å². The van der Waals surface area contributed by atoms with E-state index in [0.29, 0.717) is 0 Å². The summed E-state index contributed by atoms with van der Waals surface area (Å²) in [6.45, 7) is 0.793. The molecular weight excluding hydrogens is 214 g/mol. The molecule has 0 spiro atoms. The zero-order valence-corrected chi connectivity index (χ0v) is 10.6. The molecule has 2 heteroatoms. The van der Waals surface area contributed by atoms with Gasteiger partial charge in [-0.2, -0.15) is 11.8 Å². The van der Waals surface area contributed by atoms with E-state index >= 15 is 0 Å². The van der Waals surface area contributed by atoms with Gasteiger partial charge in [-0.15, -0.1) is 0 Å². The van der Waals surface area contributed by atoms with Crippen molar-refractivity contribution in [3.8, 4) is 0 Å². The van der Waals surface area contributed by atoms with E-state index in [4.69, 9.17) is 5.73 Å². The minimum absolute atomic E-state index is 0.793. The molecule has 1 aromatic rings. The Morgan fingerprint density at radius 2 is 1.81 bits per heavy atom. The number of hydrogen-bond acceptors (Lipinski definition) is 2. The molecule has 1 aromatic carbocycles. The van der Waals surface area contributed by atoms with Gasteiger partial charge in [-0.05, 0) is 60.8 Å². The SMILES string of the molecule is NCCCc1ccc(C2CCSCC2)cc1. The van der Waals surface area contributed by atoms with Gasteiger partial charge in [0.25, 0.3) is 0 Å². The number of benzene rings is 1. The molecule has 0 aromatic heterocycles. The third-order valence-corrected chi connectivity index (χ3v) is 4.39. The van der Waals surface area contributed by atoms with Crippen LogP contribution < -0.4 is 5.73 Å². The summed E-state index contributed by atoms with van der Waals surface area (Å²) in [5.74, 6) is 3.48. The van der Waals surface area contributed by atoms with Crippen LogP contribution >= 0.6 is 11.8 Å². The van der Waals surface area contributed by atoms with E-state index in [1.54, 1.807) is 0 Å². The lowest BCUT2D eigenvalue weighted by atomic mass is 9.92. The fourth-order valence-electron chi connectivity index (χ4n) is 2.29. The average Bonchev–Trinajstić information content (AvgIpc) is 2.38. The Morgan fingerprint density at radius 3 is 2.44 bits per heavy atom. The third kappa shape index (κ3) is 3.26. The smallest absolute Gasteiger partial charge is 0.00617 e. The molecule has 1 aliphatic heterocycles. The van der Waals surface area contributed by atoms with Crippen molar-refractivity contribution in [1.82, 2.24) is 0 Å². The highest BCUT2D eigenvalue weighted by Gasteiger charge is 2.15. The van der Waals surface area contributed by atoms with Crippen molar-refractivity contribution in [3.05, 3.63) is 35.4 Å². The van der Waals surface area contributed by atoms with E-state index < -0.39 is 0 Å². The Labute approximate surface area is 103 Å². The zero-order chi connectivity index (χ0) is 11.2. The van der Waals surface area contributed by atoms with Gasteiger partial charge in [-0.1, -0.05) is 24.3 Å². The normalized spacial score (nSPS) is 17.6. The fourth-order valence-corrected chi connectivity index (χ4v) is 3.40. The summed E-state index contributed by atoms with van der Waals surface area (Å²) in [4.78, 5) is 0. The second-order valence-corrected chi connectivity index (χ2v) is 5.75. The molecular formula is C14H21NS. The average molecular weight is 235 g/mol. The maximum absolute atomic E-state index is 5.52. The highest BCUT2D eigenvalue weighted by atomic mass is 32.2. The molecule has 0 aliphatic carbocycles. The largest absolute Gasteiger partial charge is 0.330 e. The van der Waals surface area contributed by atoms with Crippen LogP contribution in [0.25, 0.3) is 0 Å². The van der Waals surface area contributed by atoms with Crippen LogP contribution in [-0.2, 0) is 6.42 Å². The van der Waals surface area contributed by atoms with Crippen molar-refractivity contribution in [2.75, 3.05) is 18.1 Å². The molecule has 0 unspecified atom stereocenters. The maximum Gasteiger partial charge on any atom is -0.00617 e. The second-order valence-electron chi connectivity index (χ2n) is 4.52. The summed E-state index contributed by atoms with van der Waals surface area (Å²) in [5, 5.41) is 0. The Hall–Kier alpha value is -0.470. The van der Waals surface area contributed by atoms with Crippen molar-refractivity contribution in [2.24, 2.45) is 5.73 Å². The van der Waals surface area contributed by atoms with Gasteiger partial charge in [0.05, 0.1) is 0 Å². The summed E-state index contributed by atoms with van der Waals surface area (Å²) in [6, 6.07) is 9.22.